The van der Waals surface area contributed by atoms with Crippen LogP contribution in [0.25, 0.3) is 0 Å². The Morgan fingerprint density at radius 1 is 1.08 bits per heavy atom. The maximum absolute atomic E-state index is 13.6. The lowest BCUT2D eigenvalue weighted by Crippen LogP contribution is -2.06. The number of hydrogen-bond donors (Lipinski definition) is 2. The SMILES string of the molecule is Fc1ccccc1CNc1cnnc(Nc2ccc3c(c2)OCO3)n1. The van der Waals surface area contributed by atoms with Crippen LogP contribution in [-0.2, 0) is 6.54 Å². The normalized spacial score (nSPS) is 12.0. The van der Waals surface area contributed by atoms with Crippen molar-refractivity contribution in [2.75, 3.05) is 17.4 Å². The zero-order chi connectivity index (χ0) is 17.1. The fraction of sp³-hybridized carbons (Fsp3) is 0.118. The van der Waals surface area contributed by atoms with Crippen molar-refractivity contribution in [2.45, 2.75) is 6.54 Å². The molecular formula is C17H14FN5O2. The molecule has 7 nitrogen and oxygen atoms in total. The predicted molar refractivity (Wildman–Crippen MR) is 89.4 cm³/mol. The van der Waals surface area contributed by atoms with Crippen molar-refractivity contribution in [1.82, 2.24) is 15.2 Å². The van der Waals surface area contributed by atoms with Crippen LogP contribution in [0.3, 0.4) is 0 Å². The maximum atomic E-state index is 13.6. The van der Waals surface area contributed by atoms with Crippen molar-refractivity contribution in [2.24, 2.45) is 0 Å². The Morgan fingerprint density at radius 3 is 2.88 bits per heavy atom. The second-order valence-electron chi connectivity index (χ2n) is 5.30. The second kappa shape index (κ2) is 6.60. The van der Waals surface area contributed by atoms with Crippen LogP contribution in [0.4, 0.5) is 21.8 Å². The van der Waals surface area contributed by atoms with Gasteiger partial charge >= 0.3 is 0 Å². The molecule has 1 aliphatic heterocycles. The lowest BCUT2D eigenvalue weighted by molar-refractivity contribution is 0.174. The Kier molecular flexibility index (Phi) is 3.99. The van der Waals surface area contributed by atoms with E-state index in [1.54, 1.807) is 30.3 Å². The highest BCUT2D eigenvalue weighted by Crippen LogP contribution is 2.34. The molecule has 4 rings (SSSR count). The van der Waals surface area contributed by atoms with E-state index in [2.05, 4.69) is 25.8 Å². The molecule has 0 radical (unpaired) electrons. The van der Waals surface area contributed by atoms with Gasteiger partial charge in [0.25, 0.3) is 0 Å². The topological polar surface area (TPSA) is 81.2 Å². The third-order valence-electron chi connectivity index (χ3n) is 3.61. The lowest BCUT2D eigenvalue weighted by atomic mass is 10.2. The number of benzene rings is 2. The predicted octanol–water partition coefficient (Wildman–Crippen LogP) is 3.10. The molecule has 0 saturated heterocycles. The molecule has 0 unspecified atom stereocenters. The summed E-state index contributed by atoms with van der Waals surface area (Å²) in [5.74, 6) is 1.89. The van der Waals surface area contributed by atoms with Gasteiger partial charge in [0.05, 0.1) is 6.20 Å². The first kappa shape index (κ1) is 15.1. The summed E-state index contributed by atoms with van der Waals surface area (Å²) in [6, 6.07) is 12.0. The Balaban J connectivity index is 1.45. The highest BCUT2D eigenvalue weighted by Gasteiger charge is 2.13. The van der Waals surface area contributed by atoms with Gasteiger partial charge in [-0.2, -0.15) is 10.1 Å². The first-order valence-electron chi connectivity index (χ1n) is 7.61. The maximum Gasteiger partial charge on any atom is 0.249 e. The van der Waals surface area contributed by atoms with E-state index in [1.807, 2.05) is 6.07 Å². The van der Waals surface area contributed by atoms with E-state index in [0.29, 0.717) is 35.4 Å². The van der Waals surface area contributed by atoms with E-state index in [4.69, 9.17) is 9.47 Å². The molecule has 0 atom stereocenters. The molecule has 0 spiro atoms. The minimum Gasteiger partial charge on any atom is -0.454 e. The van der Waals surface area contributed by atoms with Crippen molar-refractivity contribution in [3.05, 3.63) is 60.0 Å². The fourth-order valence-electron chi connectivity index (χ4n) is 2.37. The summed E-state index contributed by atoms with van der Waals surface area (Å²) in [4.78, 5) is 4.32. The standard InChI is InChI=1S/C17H14FN5O2/c18-13-4-2-1-3-11(13)8-19-16-9-20-23-17(22-16)21-12-5-6-14-15(7-12)25-10-24-14/h1-7,9H,8,10H2,(H2,19,21,22,23). The van der Waals surface area contributed by atoms with Gasteiger partial charge in [-0.3, -0.25) is 0 Å². The summed E-state index contributed by atoms with van der Waals surface area (Å²) in [5.41, 5.74) is 1.30. The van der Waals surface area contributed by atoms with Gasteiger partial charge in [-0.05, 0) is 18.2 Å². The third-order valence-corrected chi connectivity index (χ3v) is 3.61. The highest BCUT2D eigenvalue weighted by molar-refractivity contribution is 5.60. The molecule has 2 aromatic carbocycles. The summed E-state index contributed by atoms with van der Waals surface area (Å²) in [5, 5.41) is 13.9. The largest absolute Gasteiger partial charge is 0.454 e. The van der Waals surface area contributed by atoms with E-state index < -0.39 is 0 Å². The molecule has 0 bridgehead atoms. The van der Waals surface area contributed by atoms with Crippen LogP contribution >= 0.6 is 0 Å². The number of nitrogens with zero attached hydrogens (tertiary/aromatic N) is 3. The number of rotatable bonds is 5. The molecule has 2 heterocycles. The third kappa shape index (κ3) is 3.42. The summed E-state index contributed by atoms with van der Waals surface area (Å²) in [6.45, 7) is 0.515. The van der Waals surface area contributed by atoms with Gasteiger partial charge < -0.3 is 20.1 Å². The molecule has 0 aliphatic carbocycles. The average molecular weight is 339 g/mol. The van der Waals surface area contributed by atoms with Gasteiger partial charge in [0.15, 0.2) is 17.3 Å². The molecule has 1 aliphatic rings. The Morgan fingerprint density at radius 2 is 1.96 bits per heavy atom. The minimum atomic E-state index is -0.268. The van der Waals surface area contributed by atoms with Crippen LogP contribution in [-0.4, -0.2) is 22.0 Å². The molecule has 3 aromatic rings. The monoisotopic (exact) mass is 339 g/mol. The van der Waals surface area contributed by atoms with Crippen LogP contribution in [0.1, 0.15) is 5.56 Å². The summed E-state index contributed by atoms with van der Waals surface area (Å²) < 4.78 is 24.3. The lowest BCUT2D eigenvalue weighted by Gasteiger charge is -2.08. The molecular weight excluding hydrogens is 325 g/mol. The van der Waals surface area contributed by atoms with Gasteiger partial charge in [0.2, 0.25) is 12.7 Å². The van der Waals surface area contributed by atoms with Gasteiger partial charge in [-0.25, -0.2) is 4.39 Å². The zero-order valence-electron chi connectivity index (χ0n) is 13.1. The smallest absolute Gasteiger partial charge is 0.249 e. The molecule has 126 valence electrons. The van der Waals surface area contributed by atoms with Crippen LogP contribution in [0, 0.1) is 5.82 Å². The molecule has 0 fully saturated rings. The van der Waals surface area contributed by atoms with Crippen molar-refractivity contribution < 1.29 is 13.9 Å². The molecule has 0 amide bonds. The summed E-state index contributed by atoms with van der Waals surface area (Å²) in [7, 11) is 0. The van der Waals surface area contributed by atoms with Crippen molar-refractivity contribution in [3.63, 3.8) is 0 Å². The molecule has 8 heteroatoms. The Bertz CT molecular complexity index is 906. The van der Waals surface area contributed by atoms with Crippen molar-refractivity contribution >= 4 is 17.5 Å². The number of fused-ring (bicyclic) bond motifs is 1. The average Bonchev–Trinajstić information content (AvgIpc) is 3.09. The van der Waals surface area contributed by atoms with Crippen LogP contribution in [0.5, 0.6) is 11.5 Å². The van der Waals surface area contributed by atoms with Gasteiger partial charge in [0.1, 0.15) is 5.82 Å². The van der Waals surface area contributed by atoms with E-state index in [-0.39, 0.29) is 12.6 Å². The van der Waals surface area contributed by atoms with Gasteiger partial charge in [0, 0.05) is 23.9 Å². The van der Waals surface area contributed by atoms with E-state index >= 15 is 0 Å². The number of ether oxygens (including phenoxy) is 2. The van der Waals surface area contributed by atoms with Crippen molar-refractivity contribution in [3.8, 4) is 11.5 Å². The van der Waals surface area contributed by atoms with Crippen molar-refractivity contribution in [1.29, 1.82) is 0 Å². The molecule has 2 N–H and O–H groups in total. The number of hydrogen-bond acceptors (Lipinski definition) is 7. The number of nitrogens with one attached hydrogen (secondary N) is 2. The number of halogens is 1. The van der Waals surface area contributed by atoms with E-state index in [9.17, 15) is 4.39 Å². The summed E-state index contributed by atoms with van der Waals surface area (Å²) >= 11 is 0. The summed E-state index contributed by atoms with van der Waals surface area (Å²) in [6.07, 6.45) is 1.48. The van der Waals surface area contributed by atoms with Crippen LogP contribution in [0.2, 0.25) is 0 Å². The fourth-order valence-corrected chi connectivity index (χ4v) is 2.37. The molecule has 25 heavy (non-hydrogen) atoms. The van der Waals surface area contributed by atoms with Gasteiger partial charge in [-0.15, -0.1) is 5.10 Å². The minimum absolute atomic E-state index is 0.215. The van der Waals surface area contributed by atoms with Crippen LogP contribution in [0.15, 0.2) is 48.7 Å². The molecule has 0 saturated carbocycles. The Hall–Kier alpha value is -3.42. The Labute approximate surface area is 142 Å². The number of aromatic nitrogens is 3. The highest BCUT2D eigenvalue weighted by atomic mass is 19.1. The van der Waals surface area contributed by atoms with E-state index in [0.717, 1.165) is 5.69 Å². The first-order valence-corrected chi connectivity index (χ1v) is 7.61. The van der Waals surface area contributed by atoms with Crippen LogP contribution < -0.4 is 20.1 Å². The number of anilines is 3. The second-order valence-corrected chi connectivity index (χ2v) is 5.30. The zero-order valence-corrected chi connectivity index (χ0v) is 13.1. The molecule has 1 aromatic heterocycles. The van der Waals surface area contributed by atoms with Gasteiger partial charge in [-0.1, -0.05) is 18.2 Å². The first-order chi connectivity index (χ1) is 12.3. The van der Waals surface area contributed by atoms with E-state index in [1.165, 1.54) is 12.3 Å². The quantitative estimate of drug-likeness (QED) is 0.739.